The second-order valence-corrected chi connectivity index (χ2v) is 2.46. The van der Waals surface area contributed by atoms with Gasteiger partial charge in [-0.15, -0.1) is 0 Å². The van der Waals surface area contributed by atoms with Gasteiger partial charge in [0.05, 0.1) is 0 Å². The maximum atomic E-state index is 5.39. The van der Waals surface area contributed by atoms with Crippen LogP contribution < -0.4 is 0 Å². The maximum Gasteiger partial charge on any atom is 0.161 e. The monoisotopic (exact) mass is 180 g/mol. The molecule has 0 unspecified atom stereocenters. The lowest BCUT2D eigenvalue weighted by molar-refractivity contribution is 0.0594. The molecule has 2 rings (SSSR count). The summed E-state index contributed by atoms with van der Waals surface area (Å²) in [5.41, 5.74) is 0. The van der Waals surface area contributed by atoms with Crippen molar-refractivity contribution < 1.29 is 9.47 Å². The van der Waals surface area contributed by atoms with Gasteiger partial charge in [0.25, 0.3) is 0 Å². The lowest BCUT2D eigenvalue weighted by atomic mass is 10.3. The van der Waals surface area contributed by atoms with E-state index in [1.807, 2.05) is 32.1 Å². The van der Waals surface area contributed by atoms with E-state index in [1.165, 1.54) is 0 Å². The van der Waals surface area contributed by atoms with Gasteiger partial charge in [-0.1, -0.05) is 26.0 Å². The van der Waals surface area contributed by atoms with Crippen LogP contribution in [0.2, 0.25) is 0 Å². The van der Waals surface area contributed by atoms with E-state index >= 15 is 0 Å². The summed E-state index contributed by atoms with van der Waals surface area (Å²) < 4.78 is 10.8. The molecule has 72 valence electrons. The Balaban J connectivity index is 0.000000396. The van der Waals surface area contributed by atoms with Crippen molar-refractivity contribution in [2.75, 3.05) is 13.2 Å². The molecule has 2 nitrogen and oxygen atoms in total. The fourth-order valence-corrected chi connectivity index (χ4v) is 1.14. The van der Waals surface area contributed by atoms with E-state index in [2.05, 4.69) is 6.08 Å². The molecule has 1 aliphatic carbocycles. The quantitative estimate of drug-likeness (QED) is 0.570. The predicted octanol–water partition coefficient (Wildman–Crippen LogP) is 2.79. The zero-order chi connectivity index (χ0) is 9.52. The first kappa shape index (κ1) is 9.90. The Bertz CT molecular complexity index is 236. The highest BCUT2D eigenvalue weighted by Gasteiger charge is 2.13. The lowest BCUT2D eigenvalue weighted by Crippen LogP contribution is -2.13. The first-order valence-corrected chi connectivity index (χ1v) is 4.80. The average molecular weight is 180 g/mol. The van der Waals surface area contributed by atoms with Crippen molar-refractivity contribution in [3.63, 3.8) is 0 Å². The molecule has 0 bridgehead atoms. The minimum absolute atomic E-state index is 0.664. The van der Waals surface area contributed by atoms with Crippen molar-refractivity contribution in [2.45, 2.75) is 20.3 Å². The first-order chi connectivity index (χ1) is 6.47. The molecule has 1 heterocycles. The van der Waals surface area contributed by atoms with Crippen molar-refractivity contribution >= 4 is 0 Å². The number of hydrogen-bond donors (Lipinski definition) is 0. The number of fused-ring (bicyclic) bond motifs is 1. The fraction of sp³-hybridized carbons (Fsp3) is 0.455. The smallest absolute Gasteiger partial charge is 0.161 e. The molecule has 1 aliphatic heterocycles. The van der Waals surface area contributed by atoms with E-state index in [0.29, 0.717) is 13.2 Å². The van der Waals surface area contributed by atoms with Crippen LogP contribution in [0, 0.1) is 0 Å². The highest BCUT2D eigenvalue weighted by Crippen LogP contribution is 2.20. The molecule has 0 spiro atoms. The SMILES string of the molecule is C1=CCC=C2OCCOC2=C1.CC. The van der Waals surface area contributed by atoms with E-state index in [9.17, 15) is 0 Å². The molecule has 2 aliphatic rings. The molecule has 2 heteroatoms. The Morgan fingerprint density at radius 2 is 1.77 bits per heavy atom. The van der Waals surface area contributed by atoms with Crippen molar-refractivity contribution in [2.24, 2.45) is 0 Å². The van der Waals surface area contributed by atoms with Gasteiger partial charge in [0.2, 0.25) is 0 Å². The summed E-state index contributed by atoms with van der Waals surface area (Å²) in [6.07, 6.45) is 8.98. The van der Waals surface area contributed by atoms with Gasteiger partial charge in [-0.3, -0.25) is 0 Å². The fourth-order valence-electron chi connectivity index (χ4n) is 1.14. The summed E-state index contributed by atoms with van der Waals surface area (Å²) in [4.78, 5) is 0. The normalized spacial score (nSPS) is 18.9. The van der Waals surface area contributed by atoms with Gasteiger partial charge in [0.15, 0.2) is 11.5 Å². The van der Waals surface area contributed by atoms with Gasteiger partial charge in [-0.25, -0.2) is 0 Å². The molecule has 1 fully saturated rings. The molecule has 0 radical (unpaired) electrons. The Morgan fingerprint density at radius 3 is 2.54 bits per heavy atom. The molecule has 13 heavy (non-hydrogen) atoms. The molecular weight excluding hydrogens is 164 g/mol. The topological polar surface area (TPSA) is 18.5 Å². The number of ether oxygens (including phenoxy) is 2. The van der Waals surface area contributed by atoms with Crippen molar-refractivity contribution in [3.05, 3.63) is 35.8 Å². The zero-order valence-electron chi connectivity index (χ0n) is 8.25. The molecule has 0 amide bonds. The summed E-state index contributed by atoms with van der Waals surface area (Å²) in [7, 11) is 0. The molecule has 0 aromatic heterocycles. The summed E-state index contributed by atoms with van der Waals surface area (Å²) in [5, 5.41) is 0. The van der Waals surface area contributed by atoms with Crippen molar-refractivity contribution in [3.8, 4) is 0 Å². The molecular formula is C11H16O2. The minimum atomic E-state index is 0.664. The van der Waals surface area contributed by atoms with Crippen LogP contribution in [0.1, 0.15) is 20.3 Å². The summed E-state index contributed by atoms with van der Waals surface area (Å²) >= 11 is 0. The number of allylic oxidation sites excluding steroid dienone is 4. The highest BCUT2D eigenvalue weighted by molar-refractivity contribution is 5.28. The van der Waals surface area contributed by atoms with Crippen LogP contribution in [-0.4, -0.2) is 13.2 Å². The third kappa shape index (κ3) is 2.65. The standard InChI is InChI=1S/C9H10O2.C2H6/c1-2-4-8-9(5-3-1)11-7-6-10-8;1-2/h1-2,4-5H,3,6-7H2;1-2H3. The molecule has 0 aromatic rings. The van der Waals surface area contributed by atoms with Crippen LogP contribution in [0.25, 0.3) is 0 Å². The predicted molar refractivity (Wildman–Crippen MR) is 53.2 cm³/mol. The molecule has 1 saturated heterocycles. The van der Waals surface area contributed by atoms with E-state index in [0.717, 1.165) is 17.9 Å². The van der Waals surface area contributed by atoms with Crippen LogP contribution in [0.4, 0.5) is 0 Å². The Labute approximate surface area is 79.5 Å². The Hall–Kier alpha value is -1.18. The average Bonchev–Trinajstić information content (AvgIpc) is 2.45. The van der Waals surface area contributed by atoms with Gasteiger partial charge < -0.3 is 9.47 Å². The Kier molecular flexibility index (Phi) is 4.16. The highest BCUT2D eigenvalue weighted by atomic mass is 16.6. The molecule has 0 saturated carbocycles. The van der Waals surface area contributed by atoms with Gasteiger partial charge in [0.1, 0.15) is 13.2 Å². The maximum absolute atomic E-state index is 5.39. The van der Waals surface area contributed by atoms with Crippen LogP contribution >= 0.6 is 0 Å². The summed E-state index contributed by atoms with van der Waals surface area (Å²) in [6.45, 7) is 5.33. The van der Waals surface area contributed by atoms with Gasteiger partial charge in [-0.2, -0.15) is 0 Å². The van der Waals surface area contributed by atoms with Gasteiger partial charge in [-0.05, 0) is 18.6 Å². The van der Waals surface area contributed by atoms with Gasteiger partial charge in [0, 0.05) is 0 Å². The summed E-state index contributed by atoms with van der Waals surface area (Å²) in [5.74, 6) is 1.76. The van der Waals surface area contributed by atoms with Gasteiger partial charge >= 0.3 is 0 Å². The molecule has 0 aromatic carbocycles. The van der Waals surface area contributed by atoms with Crippen LogP contribution in [-0.2, 0) is 9.47 Å². The number of rotatable bonds is 0. The number of hydrogen-bond acceptors (Lipinski definition) is 2. The Morgan fingerprint density at radius 1 is 1.08 bits per heavy atom. The van der Waals surface area contributed by atoms with Crippen molar-refractivity contribution in [1.29, 1.82) is 0 Å². The van der Waals surface area contributed by atoms with E-state index in [4.69, 9.17) is 9.47 Å². The largest absolute Gasteiger partial charge is 0.486 e. The third-order valence-electron chi connectivity index (χ3n) is 1.66. The summed E-state index contributed by atoms with van der Waals surface area (Å²) in [6, 6.07) is 0. The molecule has 0 N–H and O–H groups in total. The van der Waals surface area contributed by atoms with Crippen LogP contribution in [0.5, 0.6) is 0 Å². The minimum Gasteiger partial charge on any atom is -0.486 e. The second-order valence-electron chi connectivity index (χ2n) is 2.46. The molecule has 0 atom stereocenters. The lowest BCUT2D eigenvalue weighted by Gasteiger charge is -2.19. The van der Waals surface area contributed by atoms with E-state index in [-0.39, 0.29) is 0 Å². The first-order valence-electron chi connectivity index (χ1n) is 4.80. The van der Waals surface area contributed by atoms with Crippen LogP contribution in [0.15, 0.2) is 35.8 Å². The van der Waals surface area contributed by atoms with Crippen LogP contribution in [0.3, 0.4) is 0 Å². The zero-order valence-corrected chi connectivity index (χ0v) is 8.25. The van der Waals surface area contributed by atoms with E-state index < -0.39 is 0 Å². The second kappa shape index (κ2) is 5.46. The third-order valence-corrected chi connectivity index (χ3v) is 1.66. The van der Waals surface area contributed by atoms with Crippen molar-refractivity contribution in [1.82, 2.24) is 0 Å². The van der Waals surface area contributed by atoms with E-state index in [1.54, 1.807) is 0 Å².